The number of hydrogen-bond acceptors (Lipinski definition) is 1. The molecule has 0 saturated carbocycles. The molecule has 0 saturated heterocycles. The zero-order valence-electron chi connectivity index (χ0n) is 36.9. The van der Waals surface area contributed by atoms with Crippen molar-refractivity contribution in [2.45, 2.75) is 0 Å². The van der Waals surface area contributed by atoms with Crippen LogP contribution in [0.25, 0.3) is 99.1 Å². The van der Waals surface area contributed by atoms with Gasteiger partial charge < -0.3 is 4.90 Å². The van der Waals surface area contributed by atoms with Crippen molar-refractivity contribution in [3.8, 4) is 66.8 Å². The third kappa shape index (κ3) is 7.34. The Morgan fingerprint density at radius 1 is 0.194 bits per heavy atom. The molecule has 0 aliphatic carbocycles. The van der Waals surface area contributed by atoms with Crippen LogP contribution in [0.3, 0.4) is 0 Å². The van der Waals surface area contributed by atoms with Gasteiger partial charge in [0.2, 0.25) is 0 Å². The third-order valence-electron chi connectivity index (χ3n) is 13.3. The Hall–Kier alpha value is -8.78. The van der Waals surface area contributed by atoms with Crippen LogP contribution in [0, 0.1) is 0 Å². The van der Waals surface area contributed by atoms with Crippen molar-refractivity contribution in [3.63, 3.8) is 0 Å². The van der Waals surface area contributed by atoms with Crippen LogP contribution in [0.5, 0.6) is 0 Å². The van der Waals surface area contributed by atoms with Gasteiger partial charge in [-0.25, -0.2) is 0 Å². The fourth-order valence-corrected chi connectivity index (χ4v) is 10.2. The fourth-order valence-electron chi connectivity index (χ4n) is 10.2. The minimum Gasteiger partial charge on any atom is -0.309 e. The molecule has 0 heterocycles. The van der Waals surface area contributed by atoms with Crippen molar-refractivity contribution in [3.05, 3.63) is 273 Å². The predicted octanol–water partition coefficient (Wildman–Crippen LogP) is 18.6. The first-order chi connectivity index (χ1) is 33.3. The van der Waals surface area contributed by atoms with Crippen molar-refractivity contribution < 1.29 is 0 Å². The van der Waals surface area contributed by atoms with E-state index in [-0.39, 0.29) is 0 Å². The van der Waals surface area contributed by atoms with Crippen LogP contribution < -0.4 is 4.90 Å². The molecule has 0 atom stereocenters. The monoisotopic (exact) mass is 851 g/mol. The average Bonchev–Trinajstić information content (AvgIpc) is 3.41. The highest BCUT2D eigenvalue weighted by atomic mass is 15.1. The van der Waals surface area contributed by atoms with E-state index in [0.717, 1.165) is 33.8 Å². The van der Waals surface area contributed by atoms with Gasteiger partial charge in [0.1, 0.15) is 0 Å². The lowest BCUT2D eigenvalue weighted by atomic mass is 9.89. The van der Waals surface area contributed by atoms with Crippen molar-refractivity contribution in [2.75, 3.05) is 4.90 Å². The molecule has 0 aliphatic heterocycles. The molecule has 0 aromatic heterocycles. The molecule has 0 unspecified atom stereocenters. The van der Waals surface area contributed by atoms with E-state index in [1.54, 1.807) is 0 Å². The van der Waals surface area contributed by atoms with Crippen LogP contribution in [0.1, 0.15) is 0 Å². The number of benzene rings is 12. The molecule has 12 aromatic carbocycles. The minimum absolute atomic E-state index is 1.07. The van der Waals surface area contributed by atoms with E-state index >= 15 is 0 Å². The molecule has 314 valence electrons. The van der Waals surface area contributed by atoms with Gasteiger partial charge in [0.25, 0.3) is 0 Å². The maximum absolute atomic E-state index is 2.48. The highest BCUT2D eigenvalue weighted by Gasteiger charge is 2.23. The first-order valence-corrected chi connectivity index (χ1v) is 23.1. The number of anilines is 3. The molecule has 0 N–H and O–H groups in total. The highest BCUT2D eigenvalue weighted by Crippen LogP contribution is 2.49. The molecule has 12 rings (SSSR count). The fraction of sp³-hybridized carbons (Fsp3) is 0. The van der Waals surface area contributed by atoms with Crippen LogP contribution >= 0.6 is 0 Å². The third-order valence-corrected chi connectivity index (χ3v) is 13.3. The van der Waals surface area contributed by atoms with Gasteiger partial charge in [-0.05, 0) is 112 Å². The first kappa shape index (κ1) is 39.8. The van der Waals surface area contributed by atoms with Gasteiger partial charge in [-0.3, -0.25) is 0 Å². The number of rotatable bonds is 9. The summed E-state index contributed by atoms with van der Waals surface area (Å²) in [6.45, 7) is 0. The zero-order valence-corrected chi connectivity index (χ0v) is 36.9. The molecule has 1 heteroatoms. The summed E-state index contributed by atoms with van der Waals surface area (Å²) in [7, 11) is 0. The molecule has 67 heavy (non-hydrogen) atoms. The molecule has 12 aromatic rings. The van der Waals surface area contributed by atoms with E-state index < -0.39 is 0 Å². The summed E-state index contributed by atoms with van der Waals surface area (Å²) in [5.41, 5.74) is 17.6. The van der Waals surface area contributed by atoms with Crippen LogP contribution in [0.4, 0.5) is 17.1 Å². The van der Waals surface area contributed by atoms with E-state index in [1.165, 1.54) is 82.4 Å². The van der Waals surface area contributed by atoms with E-state index in [0.29, 0.717) is 0 Å². The van der Waals surface area contributed by atoms with Gasteiger partial charge in [-0.15, -0.1) is 0 Å². The zero-order chi connectivity index (χ0) is 44.5. The Kier molecular flexibility index (Phi) is 10.3. The predicted molar refractivity (Wildman–Crippen MR) is 286 cm³/mol. The standard InChI is InChI=1S/C66H45N/c1-3-18-49(19-4-1)57-32-14-24-52-26-16-34-61(65(52)57)59-29-9-11-36-63(59)67(54-44-42-47(43-45-54)46-38-40-51(41-39-46)56-31-13-23-48-22-7-8-28-55(48)56)64-37-12-10-30-60(64)62-35-17-27-53-25-15-33-58(66(53)62)50-20-5-2-6-21-50/h1-45H. The molecule has 0 aliphatic rings. The van der Waals surface area contributed by atoms with Crippen molar-refractivity contribution in [1.29, 1.82) is 0 Å². The summed E-state index contributed by atoms with van der Waals surface area (Å²) in [5.74, 6) is 0. The number of para-hydroxylation sites is 2. The largest absolute Gasteiger partial charge is 0.309 e. The summed E-state index contributed by atoms with van der Waals surface area (Å²) >= 11 is 0. The molecular formula is C66H45N. The number of nitrogens with zero attached hydrogens (tertiary/aromatic N) is 1. The Labute approximate surface area is 392 Å². The van der Waals surface area contributed by atoms with Gasteiger partial charge >= 0.3 is 0 Å². The summed E-state index contributed by atoms with van der Waals surface area (Å²) in [6.07, 6.45) is 0. The molecule has 0 spiro atoms. The van der Waals surface area contributed by atoms with Crippen LogP contribution in [0.15, 0.2) is 273 Å². The van der Waals surface area contributed by atoms with Gasteiger partial charge in [-0.1, -0.05) is 249 Å². The molecule has 0 amide bonds. The number of fused-ring (bicyclic) bond motifs is 3. The van der Waals surface area contributed by atoms with Crippen molar-refractivity contribution >= 4 is 49.4 Å². The lowest BCUT2D eigenvalue weighted by Gasteiger charge is -2.30. The second-order valence-corrected chi connectivity index (χ2v) is 17.2. The number of hydrogen-bond donors (Lipinski definition) is 0. The Balaban J connectivity index is 1.05. The lowest BCUT2D eigenvalue weighted by Crippen LogP contribution is -2.12. The Bertz CT molecular complexity index is 3540. The summed E-state index contributed by atoms with van der Waals surface area (Å²) in [6, 6.07) is 99.5. The topological polar surface area (TPSA) is 3.24 Å². The highest BCUT2D eigenvalue weighted by molar-refractivity contribution is 6.11. The van der Waals surface area contributed by atoms with Crippen molar-refractivity contribution in [1.82, 2.24) is 0 Å². The Morgan fingerprint density at radius 2 is 0.537 bits per heavy atom. The second kappa shape index (κ2) is 17.3. The van der Waals surface area contributed by atoms with E-state index in [9.17, 15) is 0 Å². The summed E-state index contributed by atoms with van der Waals surface area (Å²) in [5, 5.41) is 7.41. The summed E-state index contributed by atoms with van der Waals surface area (Å²) < 4.78 is 0. The van der Waals surface area contributed by atoms with E-state index in [1.807, 2.05) is 0 Å². The van der Waals surface area contributed by atoms with E-state index in [4.69, 9.17) is 0 Å². The maximum atomic E-state index is 2.48. The van der Waals surface area contributed by atoms with Crippen LogP contribution in [-0.2, 0) is 0 Å². The first-order valence-electron chi connectivity index (χ1n) is 23.1. The van der Waals surface area contributed by atoms with Gasteiger partial charge in [0.05, 0.1) is 11.4 Å². The lowest BCUT2D eigenvalue weighted by molar-refractivity contribution is 1.29. The quantitative estimate of drug-likeness (QED) is 0.140. The molecule has 0 radical (unpaired) electrons. The normalized spacial score (nSPS) is 11.3. The SMILES string of the molecule is c1ccc(-c2cccc3cccc(-c4ccccc4N(c4ccc(-c5ccc(-c6cccc7ccccc67)cc5)cc4)c4ccccc4-c4cccc5cccc(-c6ccccc6)c45)c23)cc1. The van der Waals surface area contributed by atoms with Crippen molar-refractivity contribution in [2.24, 2.45) is 0 Å². The second-order valence-electron chi connectivity index (χ2n) is 17.2. The molecule has 0 fully saturated rings. The maximum Gasteiger partial charge on any atom is 0.0540 e. The smallest absolute Gasteiger partial charge is 0.0540 e. The van der Waals surface area contributed by atoms with Gasteiger partial charge in [0.15, 0.2) is 0 Å². The minimum atomic E-state index is 1.07. The summed E-state index contributed by atoms with van der Waals surface area (Å²) in [4.78, 5) is 2.48. The molecule has 0 bridgehead atoms. The average molecular weight is 852 g/mol. The Morgan fingerprint density at radius 3 is 1.06 bits per heavy atom. The van der Waals surface area contributed by atoms with Gasteiger partial charge in [0, 0.05) is 16.8 Å². The molecule has 1 nitrogen and oxygen atoms in total. The van der Waals surface area contributed by atoms with E-state index in [2.05, 4.69) is 278 Å². The van der Waals surface area contributed by atoms with Crippen LogP contribution in [-0.4, -0.2) is 0 Å². The van der Waals surface area contributed by atoms with Crippen LogP contribution in [0.2, 0.25) is 0 Å². The van der Waals surface area contributed by atoms with Gasteiger partial charge in [-0.2, -0.15) is 0 Å². The molecular weight excluding hydrogens is 807 g/mol.